The van der Waals surface area contributed by atoms with E-state index in [9.17, 15) is 22.8 Å². The maximum atomic E-state index is 13.6. The lowest BCUT2D eigenvalue weighted by atomic mass is 10.1. The maximum absolute atomic E-state index is 13.6. The van der Waals surface area contributed by atoms with Crippen LogP contribution in [0.3, 0.4) is 0 Å². The predicted octanol–water partition coefficient (Wildman–Crippen LogP) is 6.53. The van der Waals surface area contributed by atoms with Crippen molar-refractivity contribution < 1.29 is 22.8 Å². The van der Waals surface area contributed by atoms with Gasteiger partial charge in [0.05, 0.1) is 23.5 Å². The van der Waals surface area contributed by atoms with Crippen LogP contribution in [0.2, 0.25) is 10.0 Å². The number of halogens is 3. The zero-order valence-electron chi connectivity index (χ0n) is 21.8. The normalized spacial score (nSPS) is 14.7. The second kappa shape index (κ2) is 11.5. The summed E-state index contributed by atoms with van der Waals surface area (Å²) in [6, 6.07) is 17.9. The van der Waals surface area contributed by atoms with Crippen LogP contribution < -0.4 is 4.90 Å². The summed E-state index contributed by atoms with van der Waals surface area (Å²) in [6.07, 6.45) is 1.06. The second-order valence-corrected chi connectivity index (χ2v) is 13.7. The van der Waals surface area contributed by atoms with E-state index in [0.717, 1.165) is 20.4 Å². The van der Waals surface area contributed by atoms with Crippen molar-refractivity contribution in [1.82, 2.24) is 4.31 Å². The number of carbonyl (C=O) groups is 3. The first-order valence-corrected chi connectivity index (χ1v) is 15.1. The molecule has 3 aromatic rings. The van der Waals surface area contributed by atoms with Crippen LogP contribution in [-0.2, 0) is 26.0 Å². The van der Waals surface area contributed by atoms with Gasteiger partial charge in [0.25, 0.3) is 15.9 Å². The fraction of sp³-hybridized carbons (Fsp3) is 0.207. The van der Waals surface area contributed by atoms with Gasteiger partial charge in [0.1, 0.15) is 4.91 Å². The highest BCUT2D eigenvalue weighted by Crippen LogP contribution is 2.36. The van der Waals surface area contributed by atoms with Crippen LogP contribution in [0.15, 0.2) is 77.3 Å². The van der Waals surface area contributed by atoms with E-state index in [2.05, 4.69) is 15.9 Å². The van der Waals surface area contributed by atoms with Gasteiger partial charge in [0, 0.05) is 26.8 Å². The highest BCUT2D eigenvalue weighted by molar-refractivity contribution is 9.10. The molecule has 0 saturated carbocycles. The summed E-state index contributed by atoms with van der Waals surface area (Å²) in [6.45, 7) is 4.53. The molecule has 1 aliphatic heterocycles. The third kappa shape index (κ3) is 6.33. The molecule has 40 heavy (non-hydrogen) atoms. The zero-order valence-corrected chi connectivity index (χ0v) is 25.7. The van der Waals surface area contributed by atoms with Gasteiger partial charge in [-0.3, -0.25) is 14.4 Å². The number of carbonyl (C=O) groups excluding carboxylic acids is 3. The number of nitrogens with zero attached hydrogens (tertiary/aromatic N) is 2. The van der Waals surface area contributed by atoms with Gasteiger partial charge in [-0.25, -0.2) is 12.7 Å². The van der Waals surface area contributed by atoms with Crippen LogP contribution in [-0.4, -0.2) is 42.4 Å². The number of rotatable bonds is 7. The van der Waals surface area contributed by atoms with Crippen molar-refractivity contribution in [3.63, 3.8) is 0 Å². The number of amides is 2. The number of anilines is 1. The first kappa shape index (κ1) is 30.0. The minimum Gasteiger partial charge on any atom is -0.304 e. The molecule has 3 aromatic carbocycles. The summed E-state index contributed by atoms with van der Waals surface area (Å²) in [4.78, 5) is 40.7. The molecule has 11 heteroatoms. The van der Waals surface area contributed by atoms with Crippen LogP contribution in [0.1, 0.15) is 42.3 Å². The lowest BCUT2D eigenvalue weighted by Crippen LogP contribution is -2.45. The van der Waals surface area contributed by atoms with E-state index in [0.29, 0.717) is 5.02 Å². The molecule has 2 amide bonds. The molecule has 0 spiro atoms. The van der Waals surface area contributed by atoms with Crippen molar-refractivity contribution in [2.45, 2.75) is 32.7 Å². The minimum atomic E-state index is -4.14. The van der Waals surface area contributed by atoms with Crippen molar-refractivity contribution in [3.05, 3.63) is 104 Å². The zero-order chi connectivity index (χ0) is 29.4. The Morgan fingerprint density at radius 1 is 0.975 bits per heavy atom. The van der Waals surface area contributed by atoms with Gasteiger partial charge in [-0.05, 0) is 74.4 Å². The van der Waals surface area contributed by atoms with Gasteiger partial charge in [-0.1, -0.05) is 63.4 Å². The predicted molar refractivity (Wildman–Crippen MR) is 161 cm³/mol. The fourth-order valence-electron chi connectivity index (χ4n) is 4.35. The summed E-state index contributed by atoms with van der Waals surface area (Å²) in [7, 11) is -4.14. The van der Waals surface area contributed by atoms with Gasteiger partial charge < -0.3 is 4.90 Å². The average molecular weight is 664 g/mol. The molecular formula is C29H25BrCl2N2O5S. The van der Waals surface area contributed by atoms with E-state index in [1.54, 1.807) is 51.1 Å². The molecule has 0 unspecified atom stereocenters. The molecule has 0 N–H and O–H groups in total. The van der Waals surface area contributed by atoms with Gasteiger partial charge >= 0.3 is 0 Å². The van der Waals surface area contributed by atoms with E-state index in [1.807, 2.05) is 12.1 Å². The first-order chi connectivity index (χ1) is 18.7. The minimum absolute atomic E-state index is 0.0174. The monoisotopic (exact) mass is 662 g/mol. The third-order valence-corrected chi connectivity index (χ3v) is 9.32. The number of sulfonamides is 1. The van der Waals surface area contributed by atoms with Crippen LogP contribution in [0.4, 0.5) is 5.69 Å². The SMILES string of the molecule is CC(C)(C)N1C(=O)C=C(c2cccc(N(CC(=O)c3ccc(Cl)cc3Cl)C(=O)Cc3ccc(Br)cc3)c2)S1(=O)=O. The molecule has 1 aliphatic rings. The Hall–Kier alpha value is -2.98. The molecule has 0 aromatic heterocycles. The standard InChI is InChI=1S/C29H25BrCl2N2O5S/c1-29(2,3)34-28(37)16-26(40(34,38)39)19-5-4-6-22(14-19)33(27(36)13-18-7-9-20(30)10-8-18)17-25(35)23-12-11-21(31)15-24(23)32/h4-12,14-16H,13,17H2,1-3H3. The Kier molecular flexibility index (Phi) is 8.61. The van der Waals surface area contributed by atoms with Crippen molar-refractivity contribution in [2.75, 3.05) is 11.4 Å². The number of ketones is 1. The van der Waals surface area contributed by atoms with Crippen molar-refractivity contribution in [1.29, 1.82) is 0 Å². The van der Waals surface area contributed by atoms with Crippen LogP contribution in [0.5, 0.6) is 0 Å². The largest absolute Gasteiger partial charge is 0.304 e. The number of Topliss-reactive ketones (excluding diaryl/α,β-unsaturated/α-hetero) is 1. The van der Waals surface area contributed by atoms with E-state index in [-0.39, 0.29) is 39.7 Å². The second-order valence-electron chi connectivity index (χ2n) is 10.2. The maximum Gasteiger partial charge on any atom is 0.268 e. The molecule has 1 heterocycles. The quantitative estimate of drug-likeness (QED) is 0.268. The Balaban J connectivity index is 1.73. The summed E-state index contributed by atoms with van der Waals surface area (Å²) in [5.41, 5.74) is 0.449. The molecule has 7 nitrogen and oxygen atoms in total. The van der Waals surface area contributed by atoms with Crippen LogP contribution in [0.25, 0.3) is 4.91 Å². The van der Waals surface area contributed by atoms with E-state index in [1.165, 1.54) is 29.2 Å². The van der Waals surface area contributed by atoms with Crippen molar-refractivity contribution in [2.24, 2.45) is 0 Å². The number of benzene rings is 3. The number of hydrogen-bond donors (Lipinski definition) is 0. The molecule has 0 fully saturated rings. The van der Waals surface area contributed by atoms with Crippen molar-refractivity contribution in [3.8, 4) is 0 Å². The van der Waals surface area contributed by atoms with Crippen LogP contribution >= 0.6 is 39.1 Å². The molecule has 4 rings (SSSR count). The van der Waals surface area contributed by atoms with Crippen molar-refractivity contribution >= 4 is 77.3 Å². The highest BCUT2D eigenvalue weighted by atomic mass is 79.9. The lowest BCUT2D eigenvalue weighted by molar-refractivity contribution is -0.124. The summed E-state index contributed by atoms with van der Waals surface area (Å²) >= 11 is 15.6. The topological polar surface area (TPSA) is 91.8 Å². The van der Waals surface area contributed by atoms with Gasteiger partial charge in [0.15, 0.2) is 5.78 Å². The molecule has 208 valence electrons. The first-order valence-electron chi connectivity index (χ1n) is 12.1. The van der Waals surface area contributed by atoms with E-state index < -0.39 is 33.2 Å². The van der Waals surface area contributed by atoms with Gasteiger partial charge in [-0.15, -0.1) is 0 Å². The van der Waals surface area contributed by atoms with E-state index in [4.69, 9.17) is 23.2 Å². The lowest BCUT2D eigenvalue weighted by Gasteiger charge is -2.30. The Morgan fingerprint density at radius 3 is 2.25 bits per heavy atom. The Morgan fingerprint density at radius 2 is 1.65 bits per heavy atom. The average Bonchev–Trinajstić information content (AvgIpc) is 3.12. The molecule has 0 saturated heterocycles. The fourth-order valence-corrected chi connectivity index (χ4v) is 7.01. The summed E-state index contributed by atoms with van der Waals surface area (Å²) < 4.78 is 28.4. The molecule has 0 bridgehead atoms. The molecule has 0 radical (unpaired) electrons. The smallest absolute Gasteiger partial charge is 0.268 e. The van der Waals surface area contributed by atoms with Crippen LogP contribution in [0, 0.1) is 0 Å². The van der Waals surface area contributed by atoms with E-state index >= 15 is 0 Å². The third-order valence-electron chi connectivity index (χ3n) is 6.13. The summed E-state index contributed by atoms with van der Waals surface area (Å²) in [5.74, 6) is -1.48. The van der Waals surface area contributed by atoms with Gasteiger partial charge in [0.2, 0.25) is 5.91 Å². The highest BCUT2D eigenvalue weighted by Gasteiger charge is 2.44. The Labute approximate surface area is 251 Å². The van der Waals surface area contributed by atoms with Gasteiger partial charge in [-0.2, -0.15) is 0 Å². The number of hydrogen-bond acceptors (Lipinski definition) is 5. The Bertz CT molecular complexity index is 1650. The molecule has 0 atom stereocenters. The summed E-state index contributed by atoms with van der Waals surface area (Å²) in [5, 5.41) is 0.511. The molecule has 0 aliphatic carbocycles. The molecular weight excluding hydrogens is 639 g/mol.